The van der Waals surface area contributed by atoms with Gasteiger partial charge >= 0.3 is 5.69 Å². The number of H-pyrrole nitrogens is 2. The predicted molar refractivity (Wildman–Crippen MR) is 98.1 cm³/mol. The highest BCUT2D eigenvalue weighted by molar-refractivity contribution is 5.79. The van der Waals surface area contributed by atoms with Crippen molar-refractivity contribution in [2.24, 2.45) is 0 Å². The van der Waals surface area contributed by atoms with Crippen LogP contribution in [0.25, 0.3) is 11.0 Å². The van der Waals surface area contributed by atoms with E-state index >= 15 is 0 Å². The Labute approximate surface area is 149 Å². The summed E-state index contributed by atoms with van der Waals surface area (Å²) >= 11 is 0. The number of aryl methyl sites for hydroxylation is 1. The zero-order chi connectivity index (χ0) is 18.8. The van der Waals surface area contributed by atoms with Gasteiger partial charge in [-0.1, -0.05) is 18.2 Å². The third kappa shape index (κ3) is 3.46. The molecule has 1 amide bonds. The average Bonchev–Trinajstić information content (AvgIpc) is 3.03. The molecule has 3 aromatic rings. The fourth-order valence-electron chi connectivity index (χ4n) is 2.95. The summed E-state index contributed by atoms with van der Waals surface area (Å²) < 4.78 is 5.83. The quantitative estimate of drug-likeness (QED) is 0.733. The predicted octanol–water partition coefficient (Wildman–Crippen LogP) is 2.27. The van der Waals surface area contributed by atoms with Crippen molar-refractivity contribution >= 4 is 16.9 Å². The number of nitrogens with one attached hydrogen (secondary N) is 2. The summed E-state index contributed by atoms with van der Waals surface area (Å²) in [6, 6.07) is 9.39. The maximum absolute atomic E-state index is 12.5. The largest absolute Gasteiger partial charge is 0.459 e. The van der Waals surface area contributed by atoms with Gasteiger partial charge in [-0.15, -0.1) is 0 Å². The Morgan fingerprint density at radius 1 is 1.23 bits per heavy atom. The van der Waals surface area contributed by atoms with Gasteiger partial charge in [0.25, 0.3) is 5.56 Å². The molecule has 0 saturated heterocycles. The molecule has 2 N–H and O–H groups in total. The first-order valence-corrected chi connectivity index (χ1v) is 8.43. The van der Waals surface area contributed by atoms with Crippen LogP contribution >= 0.6 is 0 Å². The molecular weight excluding hydrogens is 334 g/mol. The van der Waals surface area contributed by atoms with E-state index in [0.29, 0.717) is 17.0 Å². The smallest absolute Gasteiger partial charge is 0.325 e. The van der Waals surface area contributed by atoms with Gasteiger partial charge in [-0.25, -0.2) is 4.79 Å². The number of aromatic nitrogens is 2. The van der Waals surface area contributed by atoms with E-state index in [1.807, 2.05) is 37.3 Å². The Balaban J connectivity index is 1.71. The summed E-state index contributed by atoms with van der Waals surface area (Å²) in [6.45, 7) is 3.55. The van der Waals surface area contributed by atoms with Crippen LogP contribution in [0.2, 0.25) is 0 Å². The lowest BCUT2D eigenvalue weighted by atomic mass is 10.1. The van der Waals surface area contributed by atoms with E-state index in [-0.39, 0.29) is 24.8 Å². The van der Waals surface area contributed by atoms with E-state index in [4.69, 9.17) is 4.42 Å². The highest BCUT2D eigenvalue weighted by atomic mass is 16.3. The Kier molecular flexibility index (Phi) is 4.79. The van der Waals surface area contributed by atoms with Gasteiger partial charge in [-0.3, -0.25) is 14.6 Å². The third-order valence-corrected chi connectivity index (χ3v) is 4.67. The zero-order valence-electron chi connectivity index (χ0n) is 15.0. The number of aromatic amines is 2. The molecule has 2 heterocycles. The number of amides is 1. The minimum Gasteiger partial charge on any atom is -0.459 e. The number of para-hydroxylation sites is 1. The van der Waals surface area contributed by atoms with Gasteiger partial charge in [0, 0.05) is 30.1 Å². The van der Waals surface area contributed by atoms with Gasteiger partial charge < -0.3 is 14.3 Å². The summed E-state index contributed by atoms with van der Waals surface area (Å²) in [6.07, 6.45) is 0.422. The standard InChI is InChI=1S/C19H21N3O4/c1-11-14(18(24)21-19(25)20-11)8-9-17(23)22(3)12(2)16-10-13-6-4-5-7-15(13)26-16/h4-7,10,12H,8-9H2,1-3H3,(H2,20,21,24,25). The van der Waals surface area contributed by atoms with Gasteiger partial charge in [0.2, 0.25) is 5.91 Å². The van der Waals surface area contributed by atoms with Crippen LogP contribution in [0, 0.1) is 6.92 Å². The van der Waals surface area contributed by atoms with Crippen LogP contribution in [0.3, 0.4) is 0 Å². The molecule has 0 aliphatic rings. The van der Waals surface area contributed by atoms with Crippen molar-refractivity contribution in [3.63, 3.8) is 0 Å². The number of benzene rings is 1. The molecule has 0 aliphatic carbocycles. The molecule has 0 aliphatic heterocycles. The summed E-state index contributed by atoms with van der Waals surface area (Å²) in [5, 5.41) is 0.991. The first-order valence-electron chi connectivity index (χ1n) is 8.43. The number of nitrogens with zero attached hydrogens (tertiary/aromatic N) is 1. The van der Waals surface area contributed by atoms with Gasteiger partial charge in [-0.05, 0) is 32.4 Å². The number of fused-ring (bicyclic) bond motifs is 1. The molecule has 1 atom stereocenters. The Morgan fingerprint density at radius 2 is 1.96 bits per heavy atom. The second-order valence-electron chi connectivity index (χ2n) is 6.38. The lowest BCUT2D eigenvalue weighted by Gasteiger charge is -2.23. The molecule has 0 fully saturated rings. The van der Waals surface area contributed by atoms with Crippen LogP contribution in [-0.4, -0.2) is 27.8 Å². The fraction of sp³-hybridized carbons (Fsp3) is 0.316. The first-order chi connectivity index (χ1) is 12.4. The number of hydrogen-bond donors (Lipinski definition) is 2. The zero-order valence-corrected chi connectivity index (χ0v) is 15.0. The topological polar surface area (TPSA) is 99.2 Å². The highest BCUT2D eigenvalue weighted by Gasteiger charge is 2.21. The summed E-state index contributed by atoms with van der Waals surface area (Å²) in [7, 11) is 1.71. The van der Waals surface area contributed by atoms with Crippen LogP contribution in [-0.2, 0) is 11.2 Å². The van der Waals surface area contributed by atoms with Crippen LogP contribution in [0.5, 0.6) is 0 Å². The molecule has 0 bridgehead atoms. The lowest BCUT2D eigenvalue weighted by molar-refractivity contribution is -0.132. The van der Waals surface area contributed by atoms with Crippen molar-refractivity contribution in [2.75, 3.05) is 7.05 Å². The van der Waals surface area contributed by atoms with Crippen molar-refractivity contribution < 1.29 is 9.21 Å². The highest BCUT2D eigenvalue weighted by Crippen LogP contribution is 2.27. The van der Waals surface area contributed by atoms with Gasteiger partial charge in [-0.2, -0.15) is 0 Å². The van der Waals surface area contributed by atoms with Gasteiger partial charge in [0.1, 0.15) is 11.3 Å². The van der Waals surface area contributed by atoms with Crippen LogP contribution in [0.1, 0.15) is 36.4 Å². The lowest BCUT2D eigenvalue weighted by Crippen LogP contribution is -2.31. The number of hydrogen-bond acceptors (Lipinski definition) is 4. The molecule has 0 radical (unpaired) electrons. The van der Waals surface area contributed by atoms with Crippen LogP contribution < -0.4 is 11.2 Å². The Bertz CT molecular complexity index is 1030. The summed E-state index contributed by atoms with van der Waals surface area (Å²) in [5.74, 6) is 0.600. The van der Waals surface area contributed by atoms with Crippen LogP contribution in [0.4, 0.5) is 0 Å². The molecule has 136 valence electrons. The summed E-state index contributed by atoms with van der Waals surface area (Å²) in [5.41, 5.74) is 0.693. The molecule has 26 heavy (non-hydrogen) atoms. The molecule has 0 spiro atoms. The van der Waals surface area contributed by atoms with Crippen molar-refractivity contribution in [3.05, 3.63) is 68.2 Å². The van der Waals surface area contributed by atoms with Gasteiger partial charge in [0.05, 0.1) is 6.04 Å². The third-order valence-electron chi connectivity index (χ3n) is 4.67. The average molecular weight is 355 g/mol. The van der Waals surface area contributed by atoms with Crippen LogP contribution in [0.15, 0.2) is 44.3 Å². The molecule has 1 unspecified atom stereocenters. The second kappa shape index (κ2) is 7.03. The molecule has 7 nitrogen and oxygen atoms in total. The second-order valence-corrected chi connectivity index (χ2v) is 6.38. The Hall–Kier alpha value is -3.09. The first kappa shape index (κ1) is 17.7. The monoisotopic (exact) mass is 355 g/mol. The number of rotatable bonds is 5. The molecule has 7 heteroatoms. The number of furan rings is 1. The van der Waals surface area contributed by atoms with E-state index in [2.05, 4.69) is 9.97 Å². The van der Waals surface area contributed by atoms with Crippen molar-refractivity contribution in [1.29, 1.82) is 0 Å². The number of carbonyl (C=O) groups excluding carboxylic acids is 1. The maximum atomic E-state index is 12.5. The fourth-order valence-corrected chi connectivity index (χ4v) is 2.95. The molecule has 2 aromatic heterocycles. The van der Waals surface area contributed by atoms with Crippen molar-refractivity contribution in [3.8, 4) is 0 Å². The maximum Gasteiger partial charge on any atom is 0.325 e. The van der Waals surface area contributed by atoms with Gasteiger partial charge in [0.15, 0.2) is 0 Å². The summed E-state index contributed by atoms with van der Waals surface area (Å²) in [4.78, 5) is 42.0. The number of carbonyl (C=O) groups is 1. The molecular formula is C19H21N3O4. The Morgan fingerprint density at radius 3 is 2.65 bits per heavy atom. The molecule has 3 rings (SSSR count). The minimum absolute atomic E-state index is 0.108. The molecule has 0 saturated carbocycles. The molecule has 1 aromatic carbocycles. The SMILES string of the molecule is Cc1[nH]c(=O)[nH]c(=O)c1CCC(=O)N(C)C(C)c1cc2ccccc2o1. The van der Waals surface area contributed by atoms with E-state index in [0.717, 1.165) is 11.0 Å². The normalized spacial score (nSPS) is 12.3. The minimum atomic E-state index is -0.543. The van der Waals surface area contributed by atoms with E-state index < -0.39 is 11.2 Å². The van der Waals surface area contributed by atoms with Crippen molar-refractivity contribution in [2.45, 2.75) is 32.7 Å². The van der Waals surface area contributed by atoms with Crippen molar-refractivity contribution in [1.82, 2.24) is 14.9 Å². The van der Waals surface area contributed by atoms with E-state index in [1.165, 1.54) is 0 Å². The van der Waals surface area contributed by atoms with E-state index in [9.17, 15) is 14.4 Å². The van der Waals surface area contributed by atoms with E-state index in [1.54, 1.807) is 18.9 Å².